The van der Waals surface area contributed by atoms with E-state index in [1.807, 2.05) is 0 Å². The number of aliphatic carboxylic acids is 1. The monoisotopic (exact) mass is 1370 g/mol. The summed E-state index contributed by atoms with van der Waals surface area (Å²) in [7, 11) is 0. The quantitative estimate of drug-likeness (QED) is 0.0118. The van der Waals surface area contributed by atoms with Crippen molar-refractivity contribution in [3.63, 3.8) is 0 Å². The summed E-state index contributed by atoms with van der Waals surface area (Å²) in [5, 5.41) is 53.9. The number of likely N-dealkylation sites (tertiary alicyclic amines) is 1. The minimum atomic E-state index is -1.80. The number of benzene rings is 3. The molecule has 8 rings (SSSR count). The number of phenols is 1. The molecule has 0 saturated carbocycles. The Balaban J connectivity index is 0.00000335. The van der Waals surface area contributed by atoms with Gasteiger partial charge in [0, 0.05) is 98.2 Å². The Morgan fingerprint density at radius 3 is 1.68 bits per heavy atom. The molecule has 9 atom stereocenters. The van der Waals surface area contributed by atoms with Gasteiger partial charge in [-0.2, -0.15) is 0 Å². The lowest BCUT2D eigenvalue weighted by Crippen LogP contribution is -2.61. The van der Waals surface area contributed by atoms with E-state index in [1.54, 1.807) is 74.8 Å². The summed E-state index contributed by atoms with van der Waals surface area (Å²) >= 11 is 0. The molecule has 33 nitrogen and oxygen atoms in total. The summed E-state index contributed by atoms with van der Waals surface area (Å²) in [5.74, 6) is -9.88. The number of aromatic amines is 3. The van der Waals surface area contributed by atoms with Crippen molar-refractivity contribution in [1.82, 2.24) is 72.7 Å². The first-order chi connectivity index (χ1) is 47.3. The SMILES string of the molecule is CC(=O)O.CC(C)C[C@H](NC(=O)[C@@H](Cc1c[nH]c2ccccc12)NC(=O)[C@H](Cc1ccc(O)cc1)NC(=O)C(CO)NC(=O)[C@H](Cc1c[nH]c2ccccc12)NC(=O)C(Cc1cnc[nH]1)NC(=O)[C@@H]1CCC(=O)N1)C(=O)N[C@@H](CCCN=C(N)N)C(=O)N1CCCC1C(=O)NCC(N)=O. The molecule has 3 aromatic heterocycles. The molecule has 2 fully saturated rings. The third kappa shape index (κ3) is 22.3. The Labute approximate surface area is 568 Å². The molecule has 0 radical (unpaired) electrons. The van der Waals surface area contributed by atoms with E-state index in [0.717, 1.165) is 6.92 Å². The number of aliphatic hydroxyl groups is 1. The Hall–Kier alpha value is -11.4. The van der Waals surface area contributed by atoms with E-state index >= 15 is 9.59 Å². The number of hydrogen-bond acceptors (Lipinski definition) is 16. The number of carboxylic acids is 1. The average molecular weight is 1370 g/mol. The van der Waals surface area contributed by atoms with Gasteiger partial charge in [-0.3, -0.25) is 62.5 Å². The number of carboxylic acid groups (broad SMARTS) is 1. The summed E-state index contributed by atoms with van der Waals surface area (Å²) < 4.78 is 0. The van der Waals surface area contributed by atoms with E-state index in [0.29, 0.717) is 50.6 Å². The van der Waals surface area contributed by atoms with Gasteiger partial charge in [0.2, 0.25) is 65.0 Å². The highest BCUT2D eigenvalue weighted by Crippen LogP contribution is 2.24. The van der Waals surface area contributed by atoms with Gasteiger partial charge in [-0.25, -0.2) is 4.98 Å². The number of aromatic hydroxyl groups is 1. The van der Waals surface area contributed by atoms with Gasteiger partial charge in [-0.15, -0.1) is 0 Å². The lowest BCUT2D eigenvalue weighted by molar-refractivity contribution is -0.142. The normalized spacial score (nSPS) is 16.2. The number of hydrogen-bond donors (Lipinski definition) is 18. The van der Waals surface area contributed by atoms with E-state index in [9.17, 15) is 53.4 Å². The molecule has 2 aliphatic rings. The molecule has 530 valence electrons. The number of carbonyl (C=O) groups excluding carboxylic acids is 11. The zero-order valence-corrected chi connectivity index (χ0v) is 54.9. The van der Waals surface area contributed by atoms with Crippen molar-refractivity contribution >= 4 is 98.7 Å². The number of fused-ring (bicyclic) bond motifs is 2. The second-order valence-electron chi connectivity index (χ2n) is 24.5. The number of imidazole rings is 1. The lowest BCUT2D eigenvalue weighted by Gasteiger charge is -2.30. The smallest absolute Gasteiger partial charge is 0.300 e. The molecular formula is C66H86N18O15. The van der Waals surface area contributed by atoms with Crippen LogP contribution < -0.4 is 65.1 Å². The van der Waals surface area contributed by atoms with Gasteiger partial charge in [-0.1, -0.05) is 62.4 Å². The lowest BCUT2D eigenvalue weighted by atomic mass is 9.99. The number of primary amides is 1. The number of aliphatic hydroxyl groups excluding tert-OH is 1. The highest BCUT2D eigenvalue weighted by Gasteiger charge is 2.40. The van der Waals surface area contributed by atoms with Gasteiger partial charge in [0.15, 0.2) is 5.96 Å². The van der Waals surface area contributed by atoms with Crippen molar-refractivity contribution in [2.24, 2.45) is 28.1 Å². The fourth-order valence-corrected chi connectivity index (χ4v) is 11.5. The van der Waals surface area contributed by atoms with Crippen LogP contribution in [0.25, 0.3) is 21.8 Å². The van der Waals surface area contributed by atoms with Gasteiger partial charge in [-0.05, 0) is 85.4 Å². The number of nitrogens with zero attached hydrogens (tertiary/aromatic N) is 3. The van der Waals surface area contributed by atoms with Crippen LogP contribution in [0.4, 0.5) is 0 Å². The van der Waals surface area contributed by atoms with Crippen LogP contribution in [0.1, 0.15) is 88.1 Å². The summed E-state index contributed by atoms with van der Waals surface area (Å²) in [6.07, 6.45) is 6.51. The molecule has 0 bridgehead atoms. The van der Waals surface area contributed by atoms with Crippen LogP contribution in [0.5, 0.6) is 5.75 Å². The summed E-state index contributed by atoms with van der Waals surface area (Å²) in [4.78, 5) is 181. The Morgan fingerprint density at radius 2 is 1.16 bits per heavy atom. The topological polar surface area (TPSA) is 528 Å². The van der Waals surface area contributed by atoms with Crippen molar-refractivity contribution < 1.29 is 72.9 Å². The van der Waals surface area contributed by atoms with E-state index in [4.69, 9.17) is 27.1 Å². The standard InChI is InChI=1S/C64H82N18O13.C2H4O2/c1-34(2)23-46(56(88)75-45(13-7-21-69-64(66)67)63(95)82-22-8-14-52(82)62(94)72-31-53(65)85)76-58(90)48(25-36-28-70-42-11-5-3-9-40(36)42)78-57(89)47(24-35-15-17-39(84)18-16-35)77-61(93)51(32-83)81-59(91)49(26-37-29-71-43-12-6-4-10-41(37)43)79-60(92)50(27-38-30-68-33-73-38)80-55(87)44-19-20-54(86)74-44;1-2(3)4/h3-6,9-12,15-18,28-30,33-34,44-52,70-71,83-84H,7-8,13-14,19-27,31-32H2,1-2H3,(H2,65,85)(H,68,73)(H,72,94)(H,74,86)(H,75,88)(H,76,90)(H,77,93)(H,78,89)(H,79,92)(H,80,87)(H,81,91)(H4,66,67,69);1H3,(H,3,4)/t44-,45-,46-,47-,48+,49-,50?,51?,52?;/m0./s1. The highest BCUT2D eigenvalue weighted by molar-refractivity contribution is 6.00. The molecule has 33 heteroatoms. The largest absolute Gasteiger partial charge is 0.508 e. The molecule has 3 aromatic carbocycles. The van der Waals surface area contributed by atoms with Gasteiger partial charge in [0.1, 0.15) is 60.1 Å². The summed E-state index contributed by atoms with van der Waals surface area (Å²) in [6, 6.07) is 7.78. The molecule has 11 amide bonds. The van der Waals surface area contributed by atoms with Crippen molar-refractivity contribution in [2.45, 2.75) is 146 Å². The first kappa shape index (κ1) is 75.0. The molecule has 21 N–H and O–H groups in total. The minimum Gasteiger partial charge on any atom is -0.508 e. The first-order valence-electron chi connectivity index (χ1n) is 32.3. The zero-order chi connectivity index (χ0) is 71.9. The number of guanidine groups is 1. The average Bonchev–Trinajstić information content (AvgIpc) is 1.77. The van der Waals surface area contributed by atoms with Crippen molar-refractivity contribution in [3.8, 4) is 5.75 Å². The van der Waals surface area contributed by atoms with Crippen LogP contribution in [-0.2, 0) is 83.2 Å². The van der Waals surface area contributed by atoms with E-state index < -0.39 is 133 Å². The molecule has 6 aromatic rings. The van der Waals surface area contributed by atoms with Crippen molar-refractivity contribution in [1.29, 1.82) is 0 Å². The third-order valence-electron chi connectivity index (χ3n) is 16.4. The van der Waals surface area contributed by atoms with Crippen LogP contribution in [0.3, 0.4) is 0 Å². The fraction of sp³-hybridized carbons (Fsp3) is 0.424. The summed E-state index contributed by atoms with van der Waals surface area (Å²) in [6.45, 7) is 3.41. The molecule has 0 aliphatic carbocycles. The van der Waals surface area contributed by atoms with Crippen LogP contribution in [0.15, 0.2) is 103 Å². The van der Waals surface area contributed by atoms with Crippen LogP contribution >= 0.6 is 0 Å². The van der Waals surface area contributed by atoms with Crippen LogP contribution in [0, 0.1) is 5.92 Å². The number of H-pyrrole nitrogens is 3. The second-order valence-corrected chi connectivity index (χ2v) is 24.5. The maximum absolute atomic E-state index is 15.1. The van der Waals surface area contributed by atoms with Gasteiger partial charge >= 0.3 is 0 Å². The Morgan fingerprint density at radius 1 is 0.646 bits per heavy atom. The van der Waals surface area contributed by atoms with E-state index in [-0.39, 0.29) is 101 Å². The van der Waals surface area contributed by atoms with Crippen LogP contribution in [-0.4, -0.2) is 198 Å². The molecule has 2 aliphatic heterocycles. The number of rotatable bonds is 33. The molecule has 99 heavy (non-hydrogen) atoms. The number of nitrogens with one attached hydrogen (secondary N) is 12. The maximum atomic E-state index is 15.1. The number of amides is 11. The Kier molecular flexibility index (Phi) is 27.4. The number of para-hydroxylation sites is 2. The van der Waals surface area contributed by atoms with Crippen LogP contribution in [0.2, 0.25) is 0 Å². The molecule has 2 saturated heterocycles. The van der Waals surface area contributed by atoms with Gasteiger partial charge < -0.3 is 100 Å². The first-order valence-corrected chi connectivity index (χ1v) is 32.3. The van der Waals surface area contributed by atoms with E-state index in [2.05, 4.69) is 72.8 Å². The van der Waals surface area contributed by atoms with Gasteiger partial charge in [0.25, 0.3) is 5.97 Å². The number of nitrogens with two attached hydrogens (primary N) is 3. The minimum absolute atomic E-state index is 0.00905. The number of aromatic nitrogens is 4. The maximum Gasteiger partial charge on any atom is 0.300 e. The number of phenolic OH excluding ortho intramolecular Hbond substituents is 1. The summed E-state index contributed by atoms with van der Waals surface area (Å²) in [5.41, 5.74) is 19.8. The molecule has 0 spiro atoms. The van der Waals surface area contributed by atoms with Gasteiger partial charge in [0.05, 0.1) is 19.5 Å². The third-order valence-corrected chi connectivity index (χ3v) is 16.4. The van der Waals surface area contributed by atoms with E-state index in [1.165, 1.54) is 41.7 Å². The fourth-order valence-electron chi connectivity index (χ4n) is 11.5. The predicted molar refractivity (Wildman–Crippen MR) is 359 cm³/mol. The highest BCUT2D eigenvalue weighted by atomic mass is 16.4. The van der Waals surface area contributed by atoms with Crippen molar-refractivity contribution in [2.75, 3.05) is 26.2 Å². The second kappa shape index (κ2) is 36.1. The number of aliphatic imine (C=N–C) groups is 1. The molecule has 3 unspecified atom stereocenters. The predicted octanol–water partition coefficient (Wildman–Crippen LogP) is -2.20. The Bertz CT molecular complexity index is 3860. The van der Waals surface area contributed by atoms with Crippen molar-refractivity contribution in [3.05, 3.63) is 120 Å². The zero-order valence-electron chi connectivity index (χ0n) is 54.9. The number of carbonyl (C=O) groups is 12. The molecular weight excluding hydrogens is 1280 g/mol. The molecule has 5 heterocycles.